The van der Waals surface area contributed by atoms with Gasteiger partial charge in [0.1, 0.15) is 6.61 Å². The van der Waals surface area contributed by atoms with Crippen molar-refractivity contribution in [1.29, 1.82) is 0 Å². The molecule has 51 heavy (non-hydrogen) atoms. The third kappa shape index (κ3) is 37.3. The van der Waals surface area contributed by atoms with Crippen molar-refractivity contribution in [3.8, 4) is 0 Å². The summed E-state index contributed by atoms with van der Waals surface area (Å²) in [6, 6.07) is 0. The Morgan fingerprint density at radius 2 is 1.08 bits per heavy atom. The molecule has 0 saturated heterocycles. The lowest BCUT2D eigenvalue weighted by molar-refractivity contribution is -0.161. The van der Waals surface area contributed by atoms with Gasteiger partial charge in [0.2, 0.25) is 0 Å². The van der Waals surface area contributed by atoms with Crippen molar-refractivity contribution in [1.82, 2.24) is 0 Å². The van der Waals surface area contributed by atoms with E-state index in [1.54, 1.807) is 0 Å². The SMILES string of the molecule is CCC=CCC=CCC=CCC=CCC=CCCCCCC(=O)OCC(COP(=O)(O)OCCN)OC(=O)CCCCCCCCCCCCC. The van der Waals surface area contributed by atoms with Crippen LogP contribution in [-0.4, -0.2) is 49.3 Å². The molecule has 0 rings (SSSR count). The van der Waals surface area contributed by atoms with Gasteiger partial charge < -0.3 is 20.1 Å². The van der Waals surface area contributed by atoms with E-state index in [4.69, 9.17) is 24.3 Å². The van der Waals surface area contributed by atoms with Gasteiger partial charge in [0.25, 0.3) is 0 Å². The van der Waals surface area contributed by atoms with Gasteiger partial charge in [-0.2, -0.15) is 0 Å². The van der Waals surface area contributed by atoms with Crippen LogP contribution in [0.3, 0.4) is 0 Å². The molecule has 0 amide bonds. The number of phosphoric acid groups is 1. The van der Waals surface area contributed by atoms with E-state index in [-0.39, 0.29) is 32.6 Å². The van der Waals surface area contributed by atoms with Gasteiger partial charge in [-0.15, -0.1) is 0 Å². The van der Waals surface area contributed by atoms with E-state index < -0.39 is 32.5 Å². The second kappa shape index (κ2) is 37.5. The summed E-state index contributed by atoms with van der Waals surface area (Å²) in [7, 11) is -4.38. The first-order valence-corrected chi connectivity index (χ1v) is 21.3. The summed E-state index contributed by atoms with van der Waals surface area (Å²) >= 11 is 0. The number of ether oxygens (including phenoxy) is 2. The summed E-state index contributed by atoms with van der Waals surface area (Å²) in [5, 5.41) is 0. The van der Waals surface area contributed by atoms with Crippen molar-refractivity contribution in [3.63, 3.8) is 0 Å². The number of rotatable bonds is 36. The van der Waals surface area contributed by atoms with Crippen LogP contribution in [0.4, 0.5) is 0 Å². The molecule has 0 aliphatic rings. The van der Waals surface area contributed by atoms with Crippen LogP contribution >= 0.6 is 7.82 Å². The van der Waals surface area contributed by atoms with Crippen molar-refractivity contribution in [2.24, 2.45) is 5.73 Å². The highest BCUT2D eigenvalue weighted by atomic mass is 31.2. The number of carbonyl (C=O) groups is 2. The molecule has 0 fully saturated rings. The van der Waals surface area contributed by atoms with Crippen molar-refractivity contribution in [2.45, 2.75) is 161 Å². The van der Waals surface area contributed by atoms with E-state index in [1.807, 2.05) is 0 Å². The molecule has 294 valence electrons. The first kappa shape index (κ1) is 48.7. The van der Waals surface area contributed by atoms with Gasteiger partial charge >= 0.3 is 19.8 Å². The molecule has 0 aliphatic heterocycles. The second-order valence-electron chi connectivity index (χ2n) is 12.8. The topological polar surface area (TPSA) is 134 Å². The fourth-order valence-corrected chi connectivity index (χ4v) is 5.78. The van der Waals surface area contributed by atoms with Crippen molar-refractivity contribution >= 4 is 19.8 Å². The average molecular weight is 738 g/mol. The predicted octanol–water partition coefficient (Wildman–Crippen LogP) is 10.9. The highest BCUT2D eigenvalue weighted by Gasteiger charge is 2.25. The van der Waals surface area contributed by atoms with E-state index in [1.165, 1.54) is 44.9 Å². The Bertz CT molecular complexity index is 1020. The van der Waals surface area contributed by atoms with E-state index >= 15 is 0 Å². The number of carbonyl (C=O) groups excluding carboxylic acids is 2. The van der Waals surface area contributed by atoms with Gasteiger partial charge in [0.15, 0.2) is 6.10 Å². The Hall–Kier alpha value is -2.29. The molecule has 0 aromatic rings. The van der Waals surface area contributed by atoms with Gasteiger partial charge in [0, 0.05) is 19.4 Å². The normalized spacial score (nSPS) is 14.0. The van der Waals surface area contributed by atoms with Crippen LogP contribution in [0.15, 0.2) is 60.8 Å². The maximum atomic E-state index is 12.5. The number of unbranched alkanes of at least 4 members (excludes halogenated alkanes) is 13. The van der Waals surface area contributed by atoms with Crippen molar-refractivity contribution < 1.29 is 37.6 Å². The fourth-order valence-electron chi connectivity index (χ4n) is 5.01. The van der Waals surface area contributed by atoms with Crippen LogP contribution in [0, 0.1) is 0 Å². The Kier molecular flexibility index (Phi) is 35.8. The molecule has 0 aromatic heterocycles. The zero-order valence-corrected chi connectivity index (χ0v) is 33.0. The third-order valence-corrected chi connectivity index (χ3v) is 8.90. The van der Waals surface area contributed by atoms with Crippen LogP contribution in [0.25, 0.3) is 0 Å². The van der Waals surface area contributed by atoms with Gasteiger partial charge in [-0.05, 0) is 57.8 Å². The van der Waals surface area contributed by atoms with E-state index in [2.05, 4.69) is 74.6 Å². The first-order valence-electron chi connectivity index (χ1n) is 19.8. The number of hydrogen-bond donors (Lipinski definition) is 2. The minimum absolute atomic E-state index is 0.0468. The number of esters is 2. The summed E-state index contributed by atoms with van der Waals surface area (Å²) in [5.74, 6) is -0.871. The van der Waals surface area contributed by atoms with Crippen LogP contribution in [0.5, 0.6) is 0 Å². The lowest BCUT2D eigenvalue weighted by Crippen LogP contribution is -2.29. The van der Waals surface area contributed by atoms with Crippen molar-refractivity contribution in [2.75, 3.05) is 26.4 Å². The summed E-state index contributed by atoms with van der Waals surface area (Å²) < 4.78 is 32.6. The molecule has 0 heterocycles. The molecule has 0 spiro atoms. The standard InChI is InChI=1S/C41H72NO8P/c1-3-5-7-9-11-13-15-16-17-18-19-20-21-22-24-25-27-29-31-33-40(43)47-37-39(38-49-51(45,46)48-36-35-42)50-41(44)34-32-30-28-26-23-14-12-10-8-6-4-2/h5,7,11,13,16-17,19-20,22,24,39H,3-4,6,8-10,12,14-15,18,21,23,25-38,42H2,1-2H3,(H,45,46). The molecule has 0 saturated carbocycles. The van der Waals surface area contributed by atoms with E-state index in [9.17, 15) is 19.0 Å². The maximum Gasteiger partial charge on any atom is 0.472 e. The minimum Gasteiger partial charge on any atom is -0.462 e. The van der Waals surface area contributed by atoms with Gasteiger partial charge in [-0.25, -0.2) is 4.57 Å². The van der Waals surface area contributed by atoms with Crippen LogP contribution < -0.4 is 5.73 Å². The zero-order chi connectivity index (χ0) is 37.5. The Labute approximate surface area is 310 Å². The van der Waals surface area contributed by atoms with Gasteiger partial charge in [-0.3, -0.25) is 18.6 Å². The summed E-state index contributed by atoms with van der Waals surface area (Å²) in [5.41, 5.74) is 5.33. The minimum atomic E-state index is -4.38. The number of hydrogen-bond acceptors (Lipinski definition) is 8. The molecule has 9 nitrogen and oxygen atoms in total. The highest BCUT2D eigenvalue weighted by Crippen LogP contribution is 2.43. The molecule has 2 atom stereocenters. The van der Waals surface area contributed by atoms with Gasteiger partial charge in [0.05, 0.1) is 13.2 Å². The molecule has 0 bridgehead atoms. The largest absolute Gasteiger partial charge is 0.472 e. The quantitative estimate of drug-likeness (QED) is 0.0279. The molecule has 3 N–H and O–H groups in total. The summed E-state index contributed by atoms with van der Waals surface area (Å²) in [6.45, 7) is 3.55. The predicted molar refractivity (Wildman–Crippen MR) is 210 cm³/mol. The van der Waals surface area contributed by atoms with E-state index in [0.29, 0.717) is 12.8 Å². The Morgan fingerprint density at radius 3 is 1.61 bits per heavy atom. The Balaban J connectivity index is 4.25. The molecule has 0 aliphatic carbocycles. The smallest absolute Gasteiger partial charge is 0.462 e. The van der Waals surface area contributed by atoms with Crippen LogP contribution in [-0.2, 0) is 32.7 Å². The molecular weight excluding hydrogens is 665 g/mol. The number of nitrogens with two attached hydrogens (primary N) is 1. The fraction of sp³-hybridized carbons (Fsp3) is 0.707. The van der Waals surface area contributed by atoms with Gasteiger partial charge in [-0.1, -0.05) is 145 Å². The third-order valence-electron chi connectivity index (χ3n) is 7.92. The average Bonchev–Trinajstić information content (AvgIpc) is 3.11. The number of allylic oxidation sites excluding steroid dienone is 10. The monoisotopic (exact) mass is 737 g/mol. The molecule has 0 radical (unpaired) electrons. The molecule has 10 heteroatoms. The summed E-state index contributed by atoms with van der Waals surface area (Å²) in [6.07, 6.45) is 42.5. The van der Waals surface area contributed by atoms with E-state index in [0.717, 1.165) is 70.6 Å². The molecular formula is C41H72NO8P. The van der Waals surface area contributed by atoms with Crippen LogP contribution in [0.1, 0.15) is 155 Å². The molecule has 2 unspecified atom stereocenters. The Morgan fingerprint density at radius 1 is 0.608 bits per heavy atom. The number of phosphoric ester groups is 1. The van der Waals surface area contributed by atoms with Crippen LogP contribution in [0.2, 0.25) is 0 Å². The maximum absolute atomic E-state index is 12.5. The molecule has 0 aromatic carbocycles. The lowest BCUT2D eigenvalue weighted by atomic mass is 10.1. The van der Waals surface area contributed by atoms with Crippen molar-refractivity contribution in [3.05, 3.63) is 60.8 Å². The highest BCUT2D eigenvalue weighted by molar-refractivity contribution is 7.47. The summed E-state index contributed by atoms with van der Waals surface area (Å²) in [4.78, 5) is 34.7. The first-order chi connectivity index (χ1) is 24.8. The second-order valence-corrected chi connectivity index (χ2v) is 14.2. The lowest BCUT2D eigenvalue weighted by Gasteiger charge is -2.19. The zero-order valence-electron chi connectivity index (χ0n) is 32.1.